The molecule has 0 aromatic heterocycles. The normalized spacial score (nSPS) is 20.9. The van der Waals surface area contributed by atoms with Gasteiger partial charge in [-0.3, -0.25) is 0 Å². The van der Waals surface area contributed by atoms with Gasteiger partial charge in [-0.25, -0.2) is 0 Å². The van der Waals surface area contributed by atoms with Gasteiger partial charge in [-0.05, 0) is 43.7 Å². The van der Waals surface area contributed by atoms with Crippen LogP contribution in [0.3, 0.4) is 0 Å². The first-order valence-electron chi connectivity index (χ1n) is 7.29. The van der Waals surface area contributed by atoms with Gasteiger partial charge in [-0.1, -0.05) is 49.8 Å². The molecule has 0 radical (unpaired) electrons. The van der Waals surface area contributed by atoms with E-state index in [1.807, 2.05) is 0 Å². The number of hydrogen-bond acceptors (Lipinski definition) is 1. The highest BCUT2D eigenvalue weighted by Gasteiger charge is 2.13. The van der Waals surface area contributed by atoms with E-state index >= 15 is 0 Å². The van der Waals surface area contributed by atoms with Crippen LogP contribution in [0.25, 0.3) is 0 Å². The predicted octanol–water partition coefficient (Wildman–Crippen LogP) is 4.40. The molecule has 0 fully saturated rings. The zero-order valence-electron chi connectivity index (χ0n) is 11.7. The number of rotatable bonds is 5. The van der Waals surface area contributed by atoms with Gasteiger partial charge in [0.15, 0.2) is 0 Å². The molecule has 18 heavy (non-hydrogen) atoms. The Kier molecular flexibility index (Phi) is 5.00. The number of nitrogens with one attached hydrogen (secondary N) is 1. The Labute approximate surface area is 111 Å². The molecular weight excluding hydrogens is 218 g/mol. The van der Waals surface area contributed by atoms with Crippen LogP contribution in [-0.4, -0.2) is 6.04 Å². The molecule has 1 nitrogen and oxygen atoms in total. The van der Waals surface area contributed by atoms with Crippen molar-refractivity contribution in [2.24, 2.45) is 0 Å². The lowest BCUT2D eigenvalue weighted by Crippen LogP contribution is -2.32. The summed E-state index contributed by atoms with van der Waals surface area (Å²) in [7, 11) is 0. The first kappa shape index (κ1) is 13.4. The molecule has 2 unspecified atom stereocenters. The molecule has 0 spiro atoms. The van der Waals surface area contributed by atoms with Gasteiger partial charge in [0.2, 0.25) is 0 Å². The summed E-state index contributed by atoms with van der Waals surface area (Å²) in [4.78, 5) is 0. The summed E-state index contributed by atoms with van der Waals surface area (Å²) in [5.74, 6) is 0. The third kappa shape index (κ3) is 3.71. The minimum Gasteiger partial charge on any atom is -0.307 e. The zero-order chi connectivity index (χ0) is 12.8. The molecular formula is C17H25N. The van der Waals surface area contributed by atoms with Crippen molar-refractivity contribution in [3.8, 4) is 0 Å². The maximum atomic E-state index is 3.74. The third-order valence-corrected chi connectivity index (χ3v) is 3.77. The van der Waals surface area contributed by atoms with Gasteiger partial charge in [-0.2, -0.15) is 0 Å². The highest BCUT2D eigenvalue weighted by Crippen LogP contribution is 2.18. The summed E-state index contributed by atoms with van der Waals surface area (Å²) < 4.78 is 0. The molecule has 1 N–H and O–H groups in total. The van der Waals surface area contributed by atoms with E-state index in [-0.39, 0.29) is 0 Å². The third-order valence-electron chi connectivity index (χ3n) is 3.77. The average molecular weight is 243 g/mol. The Morgan fingerprint density at radius 1 is 1.22 bits per heavy atom. The van der Waals surface area contributed by atoms with E-state index in [2.05, 4.69) is 55.6 Å². The van der Waals surface area contributed by atoms with Crippen LogP contribution in [0.5, 0.6) is 0 Å². The van der Waals surface area contributed by atoms with E-state index in [0.717, 1.165) is 0 Å². The average Bonchev–Trinajstić information content (AvgIpc) is 2.41. The Bertz CT molecular complexity index is 377. The lowest BCUT2D eigenvalue weighted by Gasteiger charge is -2.24. The minimum atomic E-state index is 0.456. The van der Waals surface area contributed by atoms with Crippen molar-refractivity contribution in [1.29, 1.82) is 0 Å². The van der Waals surface area contributed by atoms with Crippen molar-refractivity contribution in [2.75, 3.05) is 0 Å². The number of benzene rings is 1. The van der Waals surface area contributed by atoms with Crippen molar-refractivity contribution < 1.29 is 0 Å². The van der Waals surface area contributed by atoms with E-state index < -0.39 is 0 Å². The minimum absolute atomic E-state index is 0.456. The maximum absolute atomic E-state index is 3.74. The monoisotopic (exact) mass is 243 g/mol. The van der Waals surface area contributed by atoms with Crippen molar-refractivity contribution in [2.45, 2.75) is 58.0 Å². The molecule has 0 heterocycles. The Hall–Kier alpha value is -1.08. The van der Waals surface area contributed by atoms with E-state index in [1.165, 1.54) is 43.2 Å². The summed E-state index contributed by atoms with van der Waals surface area (Å²) in [6, 6.07) is 10.2. The van der Waals surface area contributed by atoms with Crippen LogP contribution in [0.2, 0.25) is 0 Å². The number of aryl methyl sites for hydroxylation is 1. The fourth-order valence-electron chi connectivity index (χ4n) is 2.66. The summed E-state index contributed by atoms with van der Waals surface area (Å²) in [5, 5.41) is 3.74. The van der Waals surface area contributed by atoms with Crippen LogP contribution in [0.4, 0.5) is 0 Å². The van der Waals surface area contributed by atoms with Crippen LogP contribution >= 0.6 is 0 Å². The molecule has 1 aromatic carbocycles. The van der Waals surface area contributed by atoms with Crippen molar-refractivity contribution >= 4 is 0 Å². The van der Waals surface area contributed by atoms with Crippen LogP contribution in [-0.2, 0) is 6.42 Å². The van der Waals surface area contributed by atoms with Gasteiger partial charge in [0.25, 0.3) is 0 Å². The summed E-state index contributed by atoms with van der Waals surface area (Å²) in [6.07, 6.45) is 10.7. The Balaban J connectivity index is 1.91. The summed E-state index contributed by atoms with van der Waals surface area (Å²) >= 11 is 0. The zero-order valence-corrected chi connectivity index (χ0v) is 11.7. The topological polar surface area (TPSA) is 12.0 Å². The van der Waals surface area contributed by atoms with Crippen LogP contribution in [0.1, 0.15) is 56.7 Å². The van der Waals surface area contributed by atoms with Gasteiger partial charge in [0.05, 0.1) is 0 Å². The van der Waals surface area contributed by atoms with Crippen LogP contribution in [0, 0.1) is 0 Å². The molecule has 98 valence electrons. The Morgan fingerprint density at radius 2 is 2.00 bits per heavy atom. The number of hydrogen-bond donors (Lipinski definition) is 1. The lowest BCUT2D eigenvalue weighted by atomic mass is 9.99. The predicted molar refractivity (Wildman–Crippen MR) is 78.8 cm³/mol. The molecule has 2 atom stereocenters. The first-order chi connectivity index (χ1) is 8.79. The highest BCUT2D eigenvalue weighted by atomic mass is 14.9. The van der Waals surface area contributed by atoms with E-state index in [4.69, 9.17) is 0 Å². The largest absolute Gasteiger partial charge is 0.307 e. The molecule has 0 saturated heterocycles. The van der Waals surface area contributed by atoms with E-state index in [1.54, 1.807) is 0 Å². The van der Waals surface area contributed by atoms with Crippen LogP contribution in [0.15, 0.2) is 36.4 Å². The van der Waals surface area contributed by atoms with Crippen molar-refractivity contribution in [1.82, 2.24) is 5.32 Å². The fourth-order valence-corrected chi connectivity index (χ4v) is 2.66. The van der Waals surface area contributed by atoms with Gasteiger partial charge in [0.1, 0.15) is 0 Å². The van der Waals surface area contributed by atoms with Gasteiger partial charge in [0, 0.05) is 12.1 Å². The van der Waals surface area contributed by atoms with Gasteiger partial charge in [-0.15, -0.1) is 0 Å². The molecule has 0 saturated carbocycles. The highest BCUT2D eigenvalue weighted by molar-refractivity contribution is 5.25. The second kappa shape index (κ2) is 6.75. The fraction of sp³-hybridized carbons (Fsp3) is 0.529. The van der Waals surface area contributed by atoms with E-state index in [0.29, 0.717) is 12.1 Å². The lowest BCUT2D eigenvalue weighted by molar-refractivity contribution is 0.426. The molecule has 1 aliphatic carbocycles. The maximum Gasteiger partial charge on any atom is 0.0294 e. The second-order valence-electron chi connectivity index (χ2n) is 5.36. The van der Waals surface area contributed by atoms with Crippen LogP contribution < -0.4 is 5.32 Å². The molecule has 0 bridgehead atoms. The SMILES string of the molecule is CCCc1ccc(C(C)NC2CC=CCC2)cc1. The molecule has 0 amide bonds. The molecule has 0 aliphatic heterocycles. The number of allylic oxidation sites excluding steroid dienone is 1. The standard InChI is InChI=1S/C17H25N/c1-3-7-15-10-12-16(13-11-15)14(2)18-17-8-5-4-6-9-17/h4-5,10-14,17-18H,3,6-9H2,1-2H3. The molecule has 1 heteroatoms. The smallest absolute Gasteiger partial charge is 0.0294 e. The molecule has 1 aliphatic rings. The molecule has 2 rings (SSSR count). The van der Waals surface area contributed by atoms with Crippen molar-refractivity contribution in [3.05, 3.63) is 47.5 Å². The quantitative estimate of drug-likeness (QED) is 0.756. The van der Waals surface area contributed by atoms with E-state index in [9.17, 15) is 0 Å². The summed E-state index contributed by atoms with van der Waals surface area (Å²) in [5.41, 5.74) is 2.86. The van der Waals surface area contributed by atoms with Gasteiger partial charge >= 0.3 is 0 Å². The van der Waals surface area contributed by atoms with Gasteiger partial charge < -0.3 is 5.32 Å². The Morgan fingerprint density at radius 3 is 2.61 bits per heavy atom. The molecule has 1 aromatic rings. The second-order valence-corrected chi connectivity index (χ2v) is 5.36. The van der Waals surface area contributed by atoms with Crippen molar-refractivity contribution in [3.63, 3.8) is 0 Å². The first-order valence-corrected chi connectivity index (χ1v) is 7.29. The summed E-state index contributed by atoms with van der Waals surface area (Å²) in [6.45, 7) is 4.50.